The van der Waals surface area contributed by atoms with E-state index in [-0.39, 0.29) is 24.3 Å². The van der Waals surface area contributed by atoms with Crippen LogP contribution in [0.25, 0.3) is 0 Å². The zero-order valence-corrected chi connectivity index (χ0v) is 19.0. The minimum Gasteiger partial charge on any atom is -0.423 e. The lowest BCUT2D eigenvalue weighted by Gasteiger charge is -2.18. The molecule has 4 unspecified atom stereocenters. The van der Waals surface area contributed by atoms with E-state index >= 15 is 0 Å². The highest BCUT2D eigenvalue weighted by Crippen LogP contribution is 2.36. The second-order valence-electron chi connectivity index (χ2n) is 8.71. The van der Waals surface area contributed by atoms with Crippen LogP contribution in [0.1, 0.15) is 18.0 Å². The number of aryl methyl sites for hydroxylation is 1. The van der Waals surface area contributed by atoms with Crippen LogP contribution in [-0.4, -0.2) is 72.3 Å². The average Bonchev–Trinajstić information content (AvgIpc) is 3.55. The average molecular weight is 451 g/mol. The summed E-state index contributed by atoms with van der Waals surface area (Å²) in [5.74, 6) is 0.679. The van der Waals surface area contributed by atoms with Crippen LogP contribution in [0, 0.1) is 0 Å². The summed E-state index contributed by atoms with van der Waals surface area (Å²) in [6.07, 6.45) is 1.98. The van der Waals surface area contributed by atoms with E-state index in [1.165, 1.54) is 5.56 Å². The van der Waals surface area contributed by atoms with Gasteiger partial charge in [-0.1, -0.05) is 41.5 Å². The monoisotopic (exact) mass is 450 g/mol. The third kappa shape index (κ3) is 4.85. The van der Waals surface area contributed by atoms with Gasteiger partial charge in [0.05, 0.1) is 19.3 Å². The van der Waals surface area contributed by atoms with Crippen molar-refractivity contribution < 1.29 is 14.2 Å². The van der Waals surface area contributed by atoms with Crippen molar-refractivity contribution >= 4 is 5.69 Å². The number of ether oxygens (including phenoxy) is 3. The molecule has 33 heavy (non-hydrogen) atoms. The number of anilines is 1. The largest absolute Gasteiger partial charge is 0.423 e. The van der Waals surface area contributed by atoms with Gasteiger partial charge in [0.15, 0.2) is 0 Å². The Morgan fingerprint density at radius 1 is 1.06 bits per heavy atom. The van der Waals surface area contributed by atoms with Crippen molar-refractivity contribution in [1.29, 1.82) is 0 Å². The van der Waals surface area contributed by atoms with Gasteiger partial charge in [0.1, 0.15) is 24.0 Å². The van der Waals surface area contributed by atoms with Gasteiger partial charge in [-0.05, 0) is 47.5 Å². The van der Waals surface area contributed by atoms with Crippen molar-refractivity contribution in [3.05, 3.63) is 60.2 Å². The zero-order chi connectivity index (χ0) is 22.6. The molecular formula is C24H30N6O3. The number of hydrogen-bond donors (Lipinski definition) is 1. The second kappa shape index (κ2) is 9.86. The van der Waals surface area contributed by atoms with E-state index in [0.717, 1.165) is 25.1 Å². The maximum absolute atomic E-state index is 6.13. The van der Waals surface area contributed by atoms with Gasteiger partial charge in [-0.3, -0.25) is 0 Å². The highest BCUT2D eigenvalue weighted by molar-refractivity contribution is 5.49. The molecule has 0 radical (unpaired) electrons. The predicted octanol–water partition coefficient (Wildman–Crippen LogP) is 2.46. The minimum absolute atomic E-state index is 0.0270. The summed E-state index contributed by atoms with van der Waals surface area (Å²) in [5.41, 5.74) is 2.40. The van der Waals surface area contributed by atoms with E-state index in [0.29, 0.717) is 25.0 Å². The van der Waals surface area contributed by atoms with Crippen LogP contribution in [0.3, 0.4) is 0 Å². The molecule has 0 saturated carbocycles. The molecule has 9 heteroatoms. The van der Waals surface area contributed by atoms with Gasteiger partial charge in [-0.15, -0.1) is 0 Å². The molecule has 4 atom stereocenters. The molecule has 0 spiro atoms. The molecule has 1 aromatic heterocycles. The summed E-state index contributed by atoms with van der Waals surface area (Å²) in [7, 11) is 3.98. The van der Waals surface area contributed by atoms with Gasteiger partial charge in [0.25, 0.3) is 0 Å². The van der Waals surface area contributed by atoms with Crippen molar-refractivity contribution in [2.24, 2.45) is 0 Å². The molecule has 0 bridgehead atoms. The number of hydrogen-bond acceptors (Lipinski definition) is 8. The lowest BCUT2D eigenvalue weighted by Crippen LogP contribution is -2.41. The van der Waals surface area contributed by atoms with Gasteiger partial charge >= 0.3 is 6.01 Å². The van der Waals surface area contributed by atoms with E-state index in [2.05, 4.69) is 45.1 Å². The van der Waals surface area contributed by atoms with Crippen LogP contribution in [0.4, 0.5) is 5.69 Å². The quantitative estimate of drug-likeness (QED) is 0.498. The number of nitrogens with zero attached hydrogens (tertiary/aromatic N) is 5. The standard InChI is InChI=1S/C24H30N6O3/c1-29(2)18-11-6-12-19(14-18)33-24-26-27-28-30(24)21-16-32-22-20(15-31-23(21)22)25-13-7-10-17-8-4-3-5-9-17/h3-6,8-9,11-12,14,20-23,25H,7,10,13,15-16H2,1-2H3. The Balaban J connectivity index is 1.18. The van der Waals surface area contributed by atoms with Crippen LogP contribution in [-0.2, 0) is 15.9 Å². The van der Waals surface area contributed by atoms with Gasteiger partial charge in [-0.2, -0.15) is 4.68 Å². The van der Waals surface area contributed by atoms with Crippen molar-refractivity contribution in [3.63, 3.8) is 0 Å². The van der Waals surface area contributed by atoms with E-state index in [4.69, 9.17) is 14.2 Å². The first-order chi connectivity index (χ1) is 16.2. The zero-order valence-electron chi connectivity index (χ0n) is 19.0. The number of fused-ring (bicyclic) bond motifs is 1. The molecule has 1 N–H and O–H groups in total. The molecule has 0 amide bonds. The summed E-state index contributed by atoms with van der Waals surface area (Å²) in [5, 5.41) is 15.7. The molecular weight excluding hydrogens is 420 g/mol. The van der Waals surface area contributed by atoms with Crippen LogP contribution >= 0.6 is 0 Å². The lowest BCUT2D eigenvalue weighted by molar-refractivity contribution is 0.0611. The number of aromatic nitrogens is 4. The summed E-state index contributed by atoms with van der Waals surface area (Å²) >= 11 is 0. The minimum atomic E-state index is -0.131. The Bertz CT molecular complexity index is 1040. The number of rotatable bonds is 9. The molecule has 3 heterocycles. The second-order valence-corrected chi connectivity index (χ2v) is 8.71. The molecule has 5 rings (SSSR count). The van der Waals surface area contributed by atoms with Gasteiger partial charge < -0.3 is 24.4 Å². The molecule has 2 aliphatic rings. The van der Waals surface area contributed by atoms with Gasteiger partial charge in [0.2, 0.25) is 0 Å². The molecule has 2 aliphatic heterocycles. The topological polar surface area (TPSA) is 86.6 Å². The summed E-state index contributed by atoms with van der Waals surface area (Å²) in [6.45, 7) is 2.01. The van der Waals surface area contributed by atoms with Crippen molar-refractivity contribution in [1.82, 2.24) is 25.5 Å². The molecule has 2 aromatic carbocycles. The Kier molecular flexibility index (Phi) is 6.52. The first kappa shape index (κ1) is 21.8. The summed E-state index contributed by atoms with van der Waals surface area (Å²) < 4.78 is 20.0. The number of nitrogens with one attached hydrogen (secondary N) is 1. The normalized spacial score (nSPS) is 24.1. The van der Waals surface area contributed by atoms with Gasteiger partial charge in [-0.25, -0.2) is 0 Å². The number of tetrazole rings is 1. The Labute approximate surface area is 193 Å². The van der Waals surface area contributed by atoms with Crippen LogP contribution in [0.5, 0.6) is 11.8 Å². The fraction of sp³-hybridized carbons (Fsp3) is 0.458. The van der Waals surface area contributed by atoms with Crippen LogP contribution in [0.15, 0.2) is 54.6 Å². The third-order valence-electron chi connectivity index (χ3n) is 6.24. The fourth-order valence-corrected chi connectivity index (χ4v) is 4.48. The first-order valence-corrected chi connectivity index (χ1v) is 11.4. The number of benzene rings is 2. The van der Waals surface area contributed by atoms with E-state index in [1.54, 1.807) is 4.68 Å². The molecule has 2 saturated heterocycles. The molecule has 3 aromatic rings. The Hall–Kier alpha value is -3.01. The summed E-state index contributed by atoms with van der Waals surface area (Å²) in [4.78, 5) is 2.02. The highest BCUT2D eigenvalue weighted by atomic mass is 16.6. The van der Waals surface area contributed by atoms with Crippen LogP contribution in [0.2, 0.25) is 0 Å². The molecule has 9 nitrogen and oxygen atoms in total. The third-order valence-corrected chi connectivity index (χ3v) is 6.24. The molecule has 2 fully saturated rings. The van der Waals surface area contributed by atoms with Gasteiger partial charge in [0, 0.05) is 25.8 Å². The van der Waals surface area contributed by atoms with Crippen molar-refractivity contribution in [2.45, 2.75) is 37.1 Å². The fourth-order valence-electron chi connectivity index (χ4n) is 4.48. The maximum Gasteiger partial charge on any atom is 0.341 e. The van der Waals surface area contributed by atoms with E-state index < -0.39 is 0 Å². The summed E-state index contributed by atoms with van der Waals surface area (Å²) in [6, 6.07) is 18.7. The Morgan fingerprint density at radius 2 is 1.91 bits per heavy atom. The van der Waals surface area contributed by atoms with Crippen molar-refractivity contribution in [2.75, 3.05) is 38.8 Å². The highest BCUT2D eigenvalue weighted by Gasteiger charge is 2.49. The van der Waals surface area contributed by atoms with E-state index in [1.807, 2.05) is 49.3 Å². The SMILES string of the molecule is CN(C)c1cccc(Oc2nnnn2C2COC3C(NCCCc4ccccc4)COC32)c1. The Morgan fingerprint density at radius 3 is 2.76 bits per heavy atom. The van der Waals surface area contributed by atoms with E-state index in [9.17, 15) is 0 Å². The molecule has 174 valence electrons. The van der Waals surface area contributed by atoms with Crippen molar-refractivity contribution in [3.8, 4) is 11.8 Å². The maximum atomic E-state index is 6.13. The lowest BCUT2D eigenvalue weighted by atomic mass is 10.1. The smallest absolute Gasteiger partial charge is 0.341 e. The molecule has 0 aliphatic carbocycles. The van der Waals surface area contributed by atoms with Crippen LogP contribution < -0.4 is 15.0 Å². The predicted molar refractivity (Wildman–Crippen MR) is 124 cm³/mol. The first-order valence-electron chi connectivity index (χ1n) is 11.4.